The van der Waals surface area contributed by atoms with Gasteiger partial charge in [-0.05, 0) is 70.3 Å². The molecule has 0 aliphatic rings. The predicted octanol–water partition coefficient (Wildman–Crippen LogP) is 14.9. The number of hydrogen-bond acceptors (Lipinski definition) is 4. The van der Waals surface area contributed by atoms with Gasteiger partial charge in [-0.15, -0.1) is 0 Å². The van der Waals surface area contributed by atoms with Crippen LogP contribution in [0.2, 0.25) is 0 Å². The minimum absolute atomic E-state index is 0.610. The van der Waals surface area contributed by atoms with Crippen molar-refractivity contribution in [3.05, 3.63) is 218 Å². The lowest BCUT2D eigenvalue weighted by Crippen LogP contribution is -2.00. The van der Waals surface area contributed by atoms with Gasteiger partial charge in [0.1, 0.15) is 11.2 Å². The van der Waals surface area contributed by atoms with Crippen LogP contribution in [0.4, 0.5) is 0 Å². The average molecular weight is 793 g/mol. The Morgan fingerprint density at radius 1 is 0.306 bits per heavy atom. The van der Waals surface area contributed by atoms with Gasteiger partial charge in [0.2, 0.25) is 0 Å². The summed E-state index contributed by atoms with van der Waals surface area (Å²) in [4.78, 5) is 15.1. The number of aromatic nitrogens is 4. The van der Waals surface area contributed by atoms with Gasteiger partial charge in [-0.3, -0.25) is 0 Å². The fourth-order valence-corrected chi connectivity index (χ4v) is 8.94. The summed E-state index contributed by atoms with van der Waals surface area (Å²) in [6.07, 6.45) is 0. The Bertz CT molecular complexity index is 3570. The van der Waals surface area contributed by atoms with E-state index in [0.717, 1.165) is 72.1 Å². The second-order valence-electron chi connectivity index (χ2n) is 15.6. The number of nitrogens with zero attached hydrogens (tertiary/aromatic N) is 4. The van der Waals surface area contributed by atoms with Crippen molar-refractivity contribution in [3.8, 4) is 73.2 Å². The topological polar surface area (TPSA) is 56.7 Å². The molecule has 0 N–H and O–H groups in total. The number of rotatable bonds is 7. The molecule has 0 amide bonds. The van der Waals surface area contributed by atoms with E-state index < -0.39 is 0 Å². The lowest BCUT2D eigenvalue weighted by atomic mass is 9.96. The van der Waals surface area contributed by atoms with E-state index in [1.807, 2.05) is 36.4 Å². The maximum absolute atomic E-state index is 6.69. The second kappa shape index (κ2) is 14.7. The van der Waals surface area contributed by atoms with E-state index in [2.05, 4.69) is 187 Å². The van der Waals surface area contributed by atoms with Crippen LogP contribution in [-0.4, -0.2) is 19.5 Å². The van der Waals surface area contributed by atoms with Crippen LogP contribution in [0.1, 0.15) is 0 Å². The average Bonchev–Trinajstić information content (AvgIpc) is 3.90. The van der Waals surface area contributed by atoms with Crippen LogP contribution in [0.5, 0.6) is 0 Å². The molecule has 0 spiro atoms. The standard InChI is InChI=1S/C57H36N4O/c1-3-15-37(16-4-1)38-29-31-40(32-30-38)56-58-55(39-17-5-2-6-18-39)59-57(60-56)43-20-13-19-41(35-43)42-33-34-48-53(36-42)62-52-28-14-24-47(54(48)52)46-23-9-12-27-51(46)61-49-25-10-7-21-44(49)45-22-8-11-26-50(45)61/h1-36H. The summed E-state index contributed by atoms with van der Waals surface area (Å²) in [5.74, 6) is 1.86. The van der Waals surface area contributed by atoms with Crippen LogP contribution >= 0.6 is 0 Å². The molecular weight excluding hydrogens is 757 g/mol. The number of benzene rings is 9. The Morgan fingerprint density at radius 3 is 1.52 bits per heavy atom. The molecular formula is C57H36N4O. The van der Waals surface area contributed by atoms with Crippen molar-refractivity contribution >= 4 is 43.7 Å². The van der Waals surface area contributed by atoms with Crippen LogP contribution in [0, 0.1) is 0 Å². The second-order valence-corrected chi connectivity index (χ2v) is 15.6. The molecule has 9 aromatic carbocycles. The first kappa shape index (κ1) is 35.5. The molecule has 0 radical (unpaired) electrons. The number of hydrogen-bond donors (Lipinski definition) is 0. The summed E-state index contributed by atoms with van der Waals surface area (Å²) in [6.45, 7) is 0. The van der Waals surface area contributed by atoms with Gasteiger partial charge < -0.3 is 8.98 Å². The summed E-state index contributed by atoms with van der Waals surface area (Å²) >= 11 is 0. The molecule has 0 aliphatic carbocycles. The third kappa shape index (κ3) is 6.06. The Kier molecular flexibility index (Phi) is 8.42. The fraction of sp³-hybridized carbons (Fsp3) is 0. The van der Waals surface area contributed by atoms with Crippen LogP contribution in [0.15, 0.2) is 223 Å². The van der Waals surface area contributed by atoms with Crippen LogP contribution in [0.3, 0.4) is 0 Å². The van der Waals surface area contributed by atoms with E-state index in [-0.39, 0.29) is 0 Å². The van der Waals surface area contributed by atoms with Crippen molar-refractivity contribution in [2.45, 2.75) is 0 Å². The van der Waals surface area contributed by atoms with Gasteiger partial charge in [-0.25, -0.2) is 15.0 Å². The van der Waals surface area contributed by atoms with E-state index in [1.54, 1.807) is 0 Å². The molecule has 3 aromatic heterocycles. The molecule has 0 fully saturated rings. The monoisotopic (exact) mass is 792 g/mol. The highest BCUT2D eigenvalue weighted by Crippen LogP contribution is 2.42. The molecule has 5 nitrogen and oxygen atoms in total. The lowest BCUT2D eigenvalue weighted by Gasteiger charge is -2.14. The van der Waals surface area contributed by atoms with E-state index in [1.165, 1.54) is 27.4 Å². The van der Waals surface area contributed by atoms with Gasteiger partial charge in [-0.1, -0.05) is 176 Å². The van der Waals surface area contributed by atoms with E-state index >= 15 is 0 Å². The van der Waals surface area contributed by atoms with Crippen molar-refractivity contribution in [2.24, 2.45) is 0 Å². The first-order valence-electron chi connectivity index (χ1n) is 20.8. The Hall–Kier alpha value is -8.41. The first-order chi connectivity index (χ1) is 30.7. The molecule has 0 atom stereocenters. The third-order valence-corrected chi connectivity index (χ3v) is 11.9. The highest BCUT2D eigenvalue weighted by Gasteiger charge is 2.20. The SMILES string of the molecule is c1ccc(-c2ccc(-c3nc(-c4ccccc4)nc(-c4cccc(-c5ccc6c(c5)oc5cccc(-c7ccccc7-n7c8ccccc8c8ccccc87)c56)c4)n3)cc2)cc1. The van der Waals surface area contributed by atoms with Crippen LogP contribution in [0.25, 0.3) is 117 Å². The van der Waals surface area contributed by atoms with Crippen LogP contribution < -0.4 is 0 Å². The summed E-state index contributed by atoms with van der Waals surface area (Å²) in [6, 6.07) is 76.2. The highest BCUT2D eigenvalue weighted by atomic mass is 16.3. The third-order valence-electron chi connectivity index (χ3n) is 11.9. The molecule has 0 aliphatic heterocycles. The van der Waals surface area contributed by atoms with Gasteiger partial charge in [0.15, 0.2) is 17.5 Å². The predicted molar refractivity (Wildman–Crippen MR) is 254 cm³/mol. The quantitative estimate of drug-likeness (QED) is 0.161. The van der Waals surface area contributed by atoms with Gasteiger partial charge in [0.05, 0.1) is 16.7 Å². The molecule has 12 aromatic rings. The molecule has 0 saturated heterocycles. The number of fused-ring (bicyclic) bond motifs is 6. The van der Waals surface area contributed by atoms with Gasteiger partial charge in [-0.2, -0.15) is 0 Å². The molecule has 0 saturated carbocycles. The van der Waals surface area contributed by atoms with Crippen LogP contribution in [-0.2, 0) is 0 Å². The smallest absolute Gasteiger partial charge is 0.164 e. The van der Waals surface area contributed by atoms with E-state index in [4.69, 9.17) is 19.4 Å². The summed E-state index contributed by atoms with van der Waals surface area (Å²) in [7, 11) is 0. The van der Waals surface area contributed by atoms with Gasteiger partial charge in [0, 0.05) is 43.8 Å². The van der Waals surface area contributed by atoms with Crippen molar-refractivity contribution < 1.29 is 4.42 Å². The molecule has 290 valence electrons. The molecule has 62 heavy (non-hydrogen) atoms. The zero-order chi connectivity index (χ0) is 41.0. The summed E-state index contributed by atoms with van der Waals surface area (Å²) < 4.78 is 9.08. The zero-order valence-corrected chi connectivity index (χ0v) is 33.5. The number of para-hydroxylation sites is 3. The minimum atomic E-state index is 0.610. The molecule has 0 bridgehead atoms. The maximum atomic E-state index is 6.69. The minimum Gasteiger partial charge on any atom is -0.456 e. The van der Waals surface area contributed by atoms with E-state index in [9.17, 15) is 0 Å². The zero-order valence-electron chi connectivity index (χ0n) is 33.5. The maximum Gasteiger partial charge on any atom is 0.164 e. The lowest BCUT2D eigenvalue weighted by molar-refractivity contribution is 0.669. The molecule has 5 heteroatoms. The largest absolute Gasteiger partial charge is 0.456 e. The summed E-state index contributed by atoms with van der Waals surface area (Å²) in [5.41, 5.74) is 14.6. The fourth-order valence-electron chi connectivity index (χ4n) is 8.94. The normalized spacial score (nSPS) is 11.5. The Balaban J connectivity index is 0.944. The molecule has 12 rings (SSSR count). The van der Waals surface area contributed by atoms with Crippen molar-refractivity contribution in [1.82, 2.24) is 19.5 Å². The Labute approximate surface area is 357 Å². The van der Waals surface area contributed by atoms with Gasteiger partial charge in [0.25, 0.3) is 0 Å². The van der Waals surface area contributed by atoms with E-state index in [0.29, 0.717) is 17.5 Å². The highest BCUT2D eigenvalue weighted by molar-refractivity contribution is 6.15. The first-order valence-corrected chi connectivity index (χ1v) is 20.8. The molecule has 3 heterocycles. The molecule has 0 unspecified atom stereocenters. The van der Waals surface area contributed by atoms with Crippen molar-refractivity contribution in [1.29, 1.82) is 0 Å². The van der Waals surface area contributed by atoms with Gasteiger partial charge >= 0.3 is 0 Å². The van der Waals surface area contributed by atoms with Crippen molar-refractivity contribution in [3.63, 3.8) is 0 Å². The Morgan fingerprint density at radius 2 is 0.790 bits per heavy atom. The summed E-state index contributed by atoms with van der Waals surface area (Å²) in [5, 5.41) is 4.64. The number of furan rings is 1. The van der Waals surface area contributed by atoms with Crippen molar-refractivity contribution in [2.75, 3.05) is 0 Å².